The molecule has 0 amide bonds. The summed E-state index contributed by atoms with van der Waals surface area (Å²) in [6.45, 7) is 8.22. The van der Waals surface area contributed by atoms with Gasteiger partial charge in [-0.25, -0.2) is 4.68 Å². The second-order valence-corrected chi connectivity index (χ2v) is 9.01. The predicted octanol–water partition coefficient (Wildman–Crippen LogP) is 4.72. The Morgan fingerprint density at radius 3 is 2.52 bits per heavy atom. The van der Waals surface area contributed by atoms with Crippen molar-refractivity contribution in [3.8, 4) is 5.69 Å². The Morgan fingerprint density at radius 2 is 1.77 bits per heavy atom. The van der Waals surface area contributed by atoms with Gasteiger partial charge in [0.1, 0.15) is 0 Å². The van der Waals surface area contributed by atoms with Crippen LogP contribution in [0.2, 0.25) is 0 Å². The first-order valence-corrected chi connectivity index (χ1v) is 11.1. The topological polar surface area (TPSA) is 46.0 Å². The van der Waals surface area contributed by atoms with Crippen molar-refractivity contribution in [3.63, 3.8) is 0 Å². The van der Waals surface area contributed by atoms with E-state index in [2.05, 4.69) is 54.9 Å². The van der Waals surface area contributed by atoms with Crippen LogP contribution in [-0.4, -0.2) is 25.8 Å². The van der Waals surface area contributed by atoms with Crippen LogP contribution in [0.25, 0.3) is 16.6 Å². The highest BCUT2D eigenvalue weighted by Gasteiger charge is 2.33. The van der Waals surface area contributed by atoms with E-state index in [0.717, 1.165) is 29.9 Å². The number of nitrogens with zero attached hydrogens (tertiary/aromatic N) is 3. The van der Waals surface area contributed by atoms with E-state index in [1.165, 1.54) is 22.2 Å². The first kappa shape index (κ1) is 19.9. The smallest absolute Gasteiger partial charge is 0.276 e. The number of para-hydroxylation sites is 2. The van der Waals surface area contributed by atoms with E-state index < -0.39 is 0 Å². The lowest BCUT2D eigenvalue weighted by Crippen LogP contribution is -2.38. The molecular formula is C26H30N4O. The fraction of sp³-hybridized carbons (Fsp3) is 0.346. The van der Waals surface area contributed by atoms with Crippen molar-refractivity contribution >= 4 is 10.9 Å². The molecule has 0 aliphatic carbocycles. The Morgan fingerprint density at radius 1 is 1.06 bits per heavy atom. The Labute approximate surface area is 182 Å². The average molecular weight is 415 g/mol. The molecule has 5 rings (SSSR count). The summed E-state index contributed by atoms with van der Waals surface area (Å²) in [7, 11) is 1.97. The monoisotopic (exact) mass is 414 g/mol. The molecule has 0 bridgehead atoms. The van der Waals surface area contributed by atoms with Crippen LogP contribution in [0.3, 0.4) is 0 Å². The average Bonchev–Trinajstić information content (AvgIpc) is 3.24. The van der Waals surface area contributed by atoms with Gasteiger partial charge in [-0.1, -0.05) is 50.2 Å². The molecule has 5 heteroatoms. The number of rotatable bonds is 4. The second kappa shape index (κ2) is 7.57. The van der Waals surface area contributed by atoms with E-state index >= 15 is 0 Å². The van der Waals surface area contributed by atoms with E-state index in [4.69, 9.17) is 0 Å². The highest BCUT2D eigenvalue weighted by Crippen LogP contribution is 2.39. The van der Waals surface area contributed by atoms with Crippen molar-refractivity contribution < 1.29 is 0 Å². The van der Waals surface area contributed by atoms with Crippen molar-refractivity contribution in [2.45, 2.75) is 39.8 Å². The van der Waals surface area contributed by atoms with Crippen LogP contribution in [0.15, 0.2) is 59.4 Å². The molecule has 1 atom stereocenters. The Hall–Kier alpha value is -3.05. The molecule has 0 spiro atoms. The quantitative estimate of drug-likeness (QED) is 0.525. The highest BCUT2D eigenvalue weighted by atomic mass is 16.1. The molecule has 3 heterocycles. The number of aromatic nitrogens is 3. The van der Waals surface area contributed by atoms with Gasteiger partial charge in [0.25, 0.3) is 5.56 Å². The van der Waals surface area contributed by atoms with Crippen LogP contribution >= 0.6 is 0 Å². The molecule has 0 unspecified atom stereocenters. The maximum Gasteiger partial charge on any atom is 0.276 e. The molecule has 160 valence electrons. The highest BCUT2D eigenvalue weighted by molar-refractivity contribution is 5.85. The van der Waals surface area contributed by atoms with Gasteiger partial charge >= 0.3 is 0 Å². The Balaban J connectivity index is 1.55. The third-order valence-corrected chi connectivity index (χ3v) is 6.85. The van der Waals surface area contributed by atoms with Crippen molar-refractivity contribution in [3.05, 3.63) is 87.5 Å². The number of aromatic amines is 1. The third-order valence-electron chi connectivity index (χ3n) is 6.85. The summed E-state index contributed by atoms with van der Waals surface area (Å²) in [5, 5.41) is 1.34. The zero-order valence-electron chi connectivity index (χ0n) is 18.7. The fourth-order valence-corrected chi connectivity index (χ4v) is 5.26. The van der Waals surface area contributed by atoms with Crippen molar-refractivity contribution in [2.75, 3.05) is 6.54 Å². The summed E-state index contributed by atoms with van der Waals surface area (Å²) in [5.41, 5.74) is 6.87. The lowest BCUT2D eigenvalue weighted by molar-refractivity contribution is 0.132. The SMILES string of the molecule is Cc1c(CN2CCc3c([nH]c4ccccc34)[C@H]2C(C)C)c(=O)n(-c2ccccc2)n1C. The standard InChI is InChI=1S/C26H30N4O/c1-17(2)25-24-21(20-12-8-9-13-23(20)27-24)14-15-29(25)16-22-18(3)28(4)30(26(22)31)19-10-6-5-7-11-19/h5-13,17,25,27H,14-16H2,1-4H3/t25-/m1/s1. The Bertz CT molecular complexity index is 1290. The van der Waals surface area contributed by atoms with E-state index in [9.17, 15) is 4.79 Å². The largest absolute Gasteiger partial charge is 0.357 e. The van der Waals surface area contributed by atoms with Crippen LogP contribution in [0.5, 0.6) is 0 Å². The summed E-state index contributed by atoms with van der Waals surface area (Å²) in [6.07, 6.45) is 1.00. The number of nitrogens with one attached hydrogen (secondary N) is 1. The van der Waals surface area contributed by atoms with Crippen molar-refractivity contribution in [2.24, 2.45) is 13.0 Å². The number of fused-ring (bicyclic) bond motifs is 3. The van der Waals surface area contributed by atoms with E-state index in [1.807, 2.05) is 42.1 Å². The molecular weight excluding hydrogens is 384 g/mol. The summed E-state index contributed by atoms with van der Waals surface area (Å²) in [5.74, 6) is 0.437. The molecule has 31 heavy (non-hydrogen) atoms. The summed E-state index contributed by atoms with van der Waals surface area (Å²) in [6, 6.07) is 18.7. The molecule has 1 aliphatic rings. The minimum Gasteiger partial charge on any atom is -0.357 e. The maximum atomic E-state index is 13.5. The van der Waals surface area contributed by atoms with Gasteiger partial charge in [-0.05, 0) is 43.0 Å². The van der Waals surface area contributed by atoms with E-state index in [-0.39, 0.29) is 11.6 Å². The predicted molar refractivity (Wildman–Crippen MR) is 126 cm³/mol. The second-order valence-electron chi connectivity index (χ2n) is 9.01. The van der Waals surface area contributed by atoms with Gasteiger partial charge in [0.2, 0.25) is 0 Å². The van der Waals surface area contributed by atoms with Crippen LogP contribution < -0.4 is 5.56 Å². The van der Waals surface area contributed by atoms with Crippen LogP contribution in [-0.2, 0) is 20.0 Å². The molecule has 2 aromatic heterocycles. The van der Waals surface area contributed by atoms with Gasteiger partial charge in [-0.2, -0.15) is 0 Å². The minimum atomic E-state index is 0.0798. The fourth-order valence-electron chi connectivity index (χ4n) is 5.26. The van der Waals surface area contributed by atoms with Gasteiger partial charge in [0.05, 0.1) is 17.3 Å². The van der Waals surface area contributed by atoms with Gasteiger partial charge in [0, 0.05) is 42.4 Å². The number of hydrogen-bond acceptors (Lipinski definition) is 2. The molecule has 0 saturated heterocycles. The van der Waals surface area contributed by atoms with Crippen LogP contribution in [0.1, 0.15) is 42.4 Å². The lowest BCUT2D eigenvalue weighted by Gasteiger charge is -2.38. The zero-order chi connectivity index (χ0) is 21.7. The van der Waals surface area contributed by atoms with Gasteiger partial charge in [-0.15, -0.1) is 0 Å². The van der Waals surface area contributed by atoms with E-state index in [1.54, 1.807) is 4.68 Å². The van der Waals surface area contributed by atoms with Crippen molar-refractivity contribution in [1.29, 1.82) is 0 Å². The molecule has 5 nitrogen and oxygen atoms in total. The summed E-state index contributed by atoms with van der Waals surface area (Å²) in [4.78, 5) is 19.6. The van der Waals surface area contributed by atoms with Crippen LogP contribution in [0, 0.1) is 12.8 Å². The molecule has 1 N–H and O–H groups in total. The summed E-state index contributed by atoms with van der Waals surface area (Å²) >= 11 is 0. The van der Waals surface area contributed by atoms with Crippen LogP contribution in [0.4, 0.5) is 0 Å². The molecule has 0 fully saturated rings. The molecule has 2 aromatic carbocycles. The first-order valence-electron chi connectivity index (χ1n) is 11.1. The lowest BCUT2D eigenvalue weighted by atomic mass is 9.90. The molecule has 1 aliphatic heterocycles. The van der Waals surface area contributed by atoms with Gasteiger partial charge in [0.15, 0.2) is 0 Å². The Kier molecular flexibility index (Phi) is 4.86. The first-order chi connectivity index (χ1) is 15.0. The number of H-pyrrole nitrogens is 1. The normalized spacial score (nSPS) is 16.9. The van der Waals surface area contributed by atoms with Crippen molar-refractivity contribution in [1.82, 2.24) is 19.2 Å². The third kappa shape index (κ3) is 3.15. The number of hydrogen-bond donors (Lipinski definition) is 1. The molecule has 0 radical (unpaired) electrons. The molecule has 4 aromatic rings. The summed E-state index contributed by atoms with van der Waals surface area (Å²) < 4.78 is 3.77. The molecule has 0 saturated carbocycles. The van der Waals surface area contributed by atoms with E-state index in [0.29, 0.717) is 12.5 Å². The maximum absolute atomic E-state index is 13.5. The number of benzene rings is 2. The van der Waals surface area contributed by atoms with Gasteiger partial charge < -0.3 is 4.98 Å². The van der Waals surface area contributed by atoms with Gasteiger partial charge in [-0.3, -0.25) is 14.4 Å². The minimum absolute atomic E-state index is 0.0798. The zero-order valence-corrected chi connectivity index (χ0v) is 18.7.